The first-order chi connectivity index (χ1) is 13.5. The van der Waals surface area contributed by atoms with E-state index < -0.39 is 10.0 Å². The molecule has 1 aromatic carbocycles. The van der Waals surface area contributed by atoms with Gasteiger partial charge in [0.25, 0.3) is 0 Å². The highest BCUT2D eigenvalue weighted by molar-refractivity contribution is 14.0. The molecule has 0 radical (unpaired) electrons. The predicted molar refractivity (Wildman–Crippen MR) is 128 cm³/mol. The van der Waals surface area contributed by atoms with Crippen molar-refractivity contribution < 1.29 is 8.42 Å². The van der Waals surface area contributed by atoms with Gasteiger partial charge >= 0.3 is 0 Å². The van der Waals surface area contributed by atoms with Crippen LogP contribution in [-0.2, 0) is 23.1 Å². The van der Waals surface area contributed by atoms with Crippen LogP contribution in [0.1, 0.15) is 25.0 Å². The van der Waals surface area contributed by atoms with Crippen molar-refractivity contribution in [2.45, 2.75) is 26.9 Å². The molecule has 0 saturated heterocycles. The molecule has 0 saturated carbocycles. The number of rotatable bonds is 10. The van der Waals surface area contributed by atoms with Gasteiger partial charge in [-0.3, -0.25) is 9.67 Å². The zero-order chi connectivity index (χ0) is 20.4. The highest BCUT2D eigenvalue weighted by atomic mass is 127. The maximum absolute atomic E-state index is 12.3. The number of benzene rings is 1. The van der Waals surface area contributed by atoms with Crippen molar-refractivity contribution in [2.24, 2.45) is 4.99 Å². The van der Waals surface area contributed by atoms with Gasteiger partial charge in [0.2, 0.25) is 10.0 Å². The van der Waals surface area contributed by atoms with Crippen LogP contribution in [0, 0.1) is 0 Å². The van der Waals surface area contributed by atoms with Crippen molar-refractivity contribution in [3.05, 3.63) is 53.9 Å². The highest BCUT2D eigenvalue weighted by Crippen LogP contribution is 2.10. The Balaban J connectivity index is 0.00000420. The Bertz CT molecular complexity index is 851. The first kappa shape index (κ1) is 25.4. The molecule has 1 aromatic heterocycles. The molecule has 0 spiro atoms. The molecule has 0 bridgehead atoms. The summed E-state index contributed by atoms with van der Waals surface area (Å²) in [7, 11) is -1.58. The first-order valence-electron chi connectivity index (χ1n) is 9.46. The van der Waals surface area contributed by atoms with E-state index in [1.54, 1.807) is 13.2 Å². The molecular formula is C19H31IN6O2S. The Morgan fingerprint density at radius 1 is 1.14 bits per heavy atom. The van der Waals surface area contributed by atoms with E-state index in [1.165, 1.54) is 9.87 Å². The van der Waals surface area contributed by atoms with Crippen LogP contribution in [0.25, 0.3) is 0 Å². The third kappa shape index (κ3) is 7.94. The van der Waals surface area contributed by atoms with Crippen molar-refractivity contribution in [3.63, 3.8) is 0 Å². The van der Waals surface area contributed by atoms with E-state index in [1.807, 2.05) is 42.9 Å². The molecule has 0 aliphatic rings. The molecule has 0 unspecified atom stereocenters. The molecule has 29 heavy (non-hydrogen) atoms. The number of guanidine groups is 1. The summed E-state index contributed by atoms with van der Waals surface area (Å²) >= 11 is 0. The summed E-state index contributed by atoms with van der Waals surface area (Å²) in [5.41, 5.74) is 2.30. The highest BCUT2D eigenvalue weighted by Gasteiger charge is 2.18. The third-order valence-electron chi connectivity index (χ3n) is 4.43. The minimum atomic E-state index is -3.25. The Morgan fingerprint density at radius 3 is 2.41 bits per heavy atom. The SMILES string of the molecule is CCN(CC)S(=O)(=O)CCNC(=NC)NCc1ccccc1Cn1cccn1.I. The average molecular weight is 534 g/mol. The number of sulfonamides is 1. The molecule has 0 fully saturated rings. The third-order valence-corrected chi connectivity index (χ3v) is 6.45. The summed E-state index contributed by atoms with van der Waals surface area (Å²) in [6.45, 7) is 6.23. The van der Waals surface area contributed by atoms with Crippen molar-refractivity contribution in [1.29, 1.82) is 0 Å². The van der Waals surface area contributed by atoms with Gasteiger partial charge < -0.3 is 10.6 Å². The minimum absolute atomic E-state index is 0. The molecule has 8 nitrogen and oxygen atoms in total. The fraction of sp³-hybridized carbons (Fsp3) is 0.474. The van der Waals surface area contributed by atoms with Crippen LogP contribution in [0.3, 0.4) is 0 Å². The number of nitrogens with one attached hydrogen (secondary N) is 2. The molecule has 2 N–H and O–H groups in total. The van der Waals surface area contributed by atoms with Crippen molar-refractivity contribution in [3.8, 4) is 0 Å². The van der Waals surface area contributed by atoms with Gasteiger partial charge in [-0.05, 0) is 17.2 Å². The number of halogens is 1. The predicted octanol–water partition coefficient (Wildman–Crippen LogP) is 1.89. The molecule has 0 aliphatic heterocycles. The Morgan fingerprint density at radius 2 is 1.83 bits per heavy atom. The van der Waals surface area contributed by atoms with Gasteiger partial charge in [0.05, 0.1) is 12.3 Å². The molecule has 2 rings (SSSR count). The molecule has 0 aliphatic carbocycles. The Labute approximate surface area is 190 Å². The van der Waals surface area contributed by atoms with Gasteiger partial charge in [-0.15, -0.1) is 24.0 Å². The fourth-order valence-corrected chi connectivity index (χ4v) is 4.30. The summed E-state index contributed by atoms with van der Waals surface area (Å²) in [5, 5.41) is 10.6. The Kier molecular flexibility index (Phi) is 11.2. The second-order valence-electron chi connectivity index (χ2n) is 6.23. The van der Waals surface area contributed by atoms with Gasteiger partial charge in [0, 0.05) is 45.6 Å². The minimum Gasteiger partial charge on any atom is -0.355 e. The van der Waals surface area contributed by atoms with Crippen LogP contribution in [0.15, 0.2) is 47.7 Å². The second kappa shape index (κ2) is 12.8. The van der Waals surface area contributed by atoms with Gasteiger partial charge in [0.15, 0.2) is 5.96 Å². The lowest BCUT2D eigenvalue weighted by Gasteiger charge is -2.19. The van der Waals surface area contributed by atoms with E-state index in [4.69, 9.17) is 0 Å². The summed E-state index contributed by atoms with van der Waals surface area (Å²) in [6, 6.07) is 10.0. The average Bonchev–Trinajstić information content (AvgIpc) is 3.19. The van der Waals surface area contributed by atoms with Crippen LogP contribution >= 0.6 is 24.0 Å². The van der Waals surface area contributed by atoms with Gasteiger partial charge in [0.1, 0.15) is 0 Å². The summed E-state index contributed by atoms with van der Waals surface area (Å²) in [5.74, 6) is 0.606. The molecule has 10 heteroatoms. The molecule has 0 atom stereocenters. The number of hydrogen-bond acceptors (Lipinski definition) is 4. The second-order valence-corrected chi connectivity index (χ2v) is 8.31. The maximum atomic E-state index is 12.3. The summed E-state index contributed by atoms with van der Waals surface area (Å²) < 4.78 is 27.9. The van der Waals surface area contributed by atoms with Crippen LogP contribution in [-0.4, -0.2) is 60.9 Å². The number of aromatic nitrogens is 2. The van der Waals surface area contributed by atoms with Crippen molar-refractivity contribution in [2.75, 3.05) is 32.4 Å². The molecule has 1 heterocycles. The maximum Gasteiger partial charge on any atom is 0.215 e. The van der Waals surface area contributed by atoms with Gasteiger partial charge in [-0.25, -0.2) is 12.7 Å². The number of nitrogens with zero attached hydrogens (tertiary/aromatic N) is 4. The zero-order valence-electron chi connectivity index (χ0n) is 17.2. The lowest BCUT2D eigenvalue weighted by molar-refractivity contribution is 0.445. The molecular weight excluding hydrogens is 503 g/mol. The van der Waals surface area contributed by atoms with Crippen LogP contribution in [0.4, 0.5) is 0 Å². The standard InChI is InChI=1S/C19H30N6O2S.HI/c1-4-25(5-2)28(26,27)14-12-21-19(20-3)22-15-17-9-6-7-10-18(17)16-24-13-8-11-23-24;/h6-11,13H,4-5,12,14-16H2,1-3H3,(H2,20,21,22);1H. The van der Waals surface area contributed by atoms with E-state index >= 15 is 0 Å². The van der Waals surface area contributed by atoms with Crippen LogP contribution < -0.4 is 10.6 Å². The van der Waals surface area contributed by atoms with Crippen molar-refractivity contribution in [1.82, 2.24) is 24.7 Å². The lowest BCUT2D eigenvalue weighted by atomic mass is 10.1. The molecule has 0 amide bonds. The molecule has 162 valence electrons. The van der Waals surface area contributed by atoms with Gasteiger partial charge in [-0.1, -0.05) is 38.1 Å². The normalized spacial score (nSPS) is 11.9. The first-order valence-corrected chi connectivity index (χ1v) is 11.1. The topological polar surface area (TPSA) is 91.6 Å². The van der Waals surface area contributed by atoms with E-state index in [9.17, 15) is 8.42 Å². The van der Waals surface area contributed by atoms with E-state index in [2.05, 4.69) is 32.9 Å². The largest absolute Gasteiger partial charge is 0.355 e. The van der Waals surface area contributed by atoms with E-state index in [0.29, 0.717) is 38.7 Å². The van der Waals surface area contributed by atoms with E-state index in [0.717, 1.165) is 5.56 Å². The smallest absolute Gasteiger partial charge is 0.215 e. The van der Waals surface area contributed by atoms with Crippen LogP contribution in [0.2, 0.25) is 0 Å². The lowest BCUT2D eigenvalue weighted by Crippen LogP contribution is -2.42. The quantitative estimate of drug-likeness (QED) is 0.276. The fourth-order valence-electron chi connectivity index (χ4n) is 2.90. The van der Waals surface area contributed by atoms with Gasteiger partial charge in [-0.2, -0.15) is 5.10 Å². The van der Waals surface area contributed by atoms with Crippen LogP contribution in [0.5, 0.6) is 0 Å². The zero-order valence-corrected chi connectivity index (χ0v) is 20.4. The monoisotopic (exact) mass is 534 g/mol. The Hall–Kier alpha value is -1.66. The summed E-state index contributed by atoms with van der Waals surface area (Å²) in [6.07, 6.45) is 3.69. The molecule has 2 aromatic rings. The van der Waals surface area contributed by atoms with E-state index in [-0.39, 0.29) is 29.7 Å². The van der Waals surface area contributed by atoms with Crippen molar-refractivity contribution >= 4 is 40.0 Å². The number of aliphatic imine (C=N–C) groups is 1. The number of hydrogen-bond donors (Lipinski definition) is 2. The summed E-state index contributed by atoms with van der Waals surface area (Å²) in [4.78, 5) is 4.18.